The molecular formula is C13H17N5O3. The van der Waals surface area contributed by atoms with E-state index in [1.165, 1.54) is 10.9 Å². The Hall–Kier alpha value is -2.64. The van der Waals surface area contributed by atoms with Crippen molar-refractivity contribution in [3.8, 4) is 0 Å². The van der Waals surface area contributed by atoms with Crippen LogP contribution < -0.4 is 5.32 Å². The zero-order valence-electron chi connectivity index (χ0n) is 12.3. The molecule has 0 aliphatic rings. The summed E-state index contributed by atoms with van der Waals surface area (Å²) >= 11 is 0. The smallest absolute Gasteiger partial charge is 0.339 e. The topological polar surface area (TPSA) is 102 Å². The summed E-state index contributed by atoms with van der Waals surface area (Å²) in [6.45, 7) is 4.04. The lowest BCUT2D eigenvalue weighted by Gasteiger charge is -2.05. The fourth-order valence-corrected chi connectivity index (χ4v) is 2.14. The van der Waals surface area contributed by atoms with Crippen molar-refractivity contribution in [3.63, 3.8) is 0 Å². The van der Waals surface area contributed by atoms with Crippen molar-refractivity contribution in [2.75, 3.05) is 0 Å². The third kappa shape index (κ3) is 2.78. The van der Waals surface area contributed by atoms with Crippen LogP contribution in [0.25, 0.3) is 0 Å². The molecule has 0 atom stereocenters. The average Bonchev–Trinajstić information content (AvgIpc) is 2.90. The molecule has 2 heterocycles. The summed E-state index contributed by atoms with van der Waals surface area (Å²) in [4.78, 5) is 23.2. The van der Waals surface area contributed by atoms with E-state index in [0.717, 1.165) is 17.0 Å². The van der Waals surface area contributed by atoms with Crippen molar-refractivity contribution < 1.29 is 14.7 Å². The summed E-state index contributed by atoms with van der Waals surface area (Å²) < 4.78 is 3.04. The van der Waals surface area contributed by atoms with Gasteiger partial charge in [-0.3, -0.25) is 14.2 Å². The minimum atomic E-state index is -1.18. The Kier molecular flexibility index (Phi) is 3.79. The van der Waals surface area contributed by atoms with E-state index in [-0.39, 0.29) is 17.8 Å². The van der Waals surface area contributed by atoms with Crippen molar-refractivity contribution in [1.82, 2.24) is 24.9 Å². The van der Waals surface area contributed by atoms with Gasteiger partial charge in [0.25, 0.3) is 5.91 Å². The number of aryl methyl sites for hydroxylation is 3. The highest BCUT2D eigenvalue weighted by molar-refractivity contribution is 6.03. The maximum Gasteiger partial charge on any atom is 0.339 e. The first kappa shape index (κ1) is 14.8. The molecular weight excluding hydrogens is 274 g/mol. The van der Waals surface area contributed by atoms with E-state index in [2.05, 4.69) is 15.5 Å². The van der Waals surface area contributed by atoms with Gasteiger partial charge >= 0.3 is 5.97 Å². The number of rotatable bonds is 4. The number of aromatic nitrogens is 4. The van der Waals surface area contributed by atoms with Crippen molar-refractivity contribution in [2.24, 2.45) is 14.1 Å². The van der Waals surface area contributed by atoms with Gasteiger partial charge in [0.05, 0.1) is 5.69 Å². The number of carbonyl (C=O) groups excluding carboxylic acids is 1. The third-order valence-electron chi connectivity index (χ3n) is 3.36. The Morgan fingerprint density at radius 3 is 2.48 bits per heavy atom. The number of nitrogens with one attached hydrogen (secondary N) is 1. The van der Waals surface area contributed by atoms with Gasteiger partial charge in [-0.15, -0.1) is 0 Å². The number of nitrogens with zero attached hydrogens (tertiary/aromatic N) is 4. The number of aromatic carboxylic acids is 1. The first-order chi connectivity index (χ1) is 9.81. The Bertz CT molecular complexity index is 714. The Balaban J connectivity index is 2.17. The van der Waals surface area contributed by atoms with E-state index < -0.39 is 11.9 Å². The second-order valence-electron chi connectivity index (χ2n) is 4.83. The lowest BCUT2D eigenvalue weighted by molar-refractivity contribution is 0.0691. The molecule has 2 aromatic rings. The summed E-state index contributed by atoms with van der Waals surface area (Å²) in [6, 6.07) is 0. The molecule has 1 amide bonds. The predicted octanol–water partition coefficient (Wildman–Crippen LogP) is 0.399. The fraction of sp³-hybridized carbons (Fsp3) is 0.385. The molecule has 0 aliphatic carbocycles. The maximum absolute atomic E-state index is 12.1. The molecule has 0 unspecified atom stereocenters. The molecule has 8 nitrogen and oxygen atoms in total. The van der Waals surface area contributed by atoms with Gasteiger partial charge in [0.2, 0.25) is 0 Å². The number of carboxylic acids is 1. The predicted molar refractivity (Wildman–Crippen MR) is 74.0 cm³/mol. The molecule has 0 fully saturated rings. The zero-order valence-corrected chi connectivity index (χ0v) is 12.3. The molecule has 0 bridgehead atoms. The SMILES string of the molecule is Cc1nn(C)c(C)c1CNC(=O)c1nn(C)cc1C(=O)O. The lowest BCUT2D eigenvalue weighted by atomic mass is 10.2. The largest absolute Gasteiger partial charge is 0.478 e. The summed E-state index contributed by atoms with van der Waals surface area (Å²) in [5.74, 6) is -1.70. The lowest BCUT2D eigenvalue weighted by Crippen LogP contribution is -2.25. The molecule has 0 aromatic carbocycles. The molecule has 2 aromatic heterocycles. The summed E-state index contributed by atoms with van der Waals surface area (Å²) in [5.41, 5.74) is 2.49. The van der Waals surface area contributed by atoms with Gasteiger partial charge in [-0.05, 0) is 13.8 Å². The van der Waals surface area contributed by atoms with E-state index in [1.807, 2.05) is 20.9 Å². The highest BCUT2D eigenvalue weighted by atomic mass is 16.4. The summed E-state index contributed by atoms with van der Waals surface area (Å²) in [7, 11) is 3.40. The molecule has 0 radical (unpaired) electrons. The van der Waals surface area contributed by atoms with Crippen LogP contribution in [0.2, 0.25) is 0 Å². The average molecular weight is 291 g/mol. The van der Waals surface area contributed by atoms with Crippen LogP contribution in [-0.4, -0.2) is 36.5 Å². The van der Waals surface area contributed by atoms with Gasteiger partial charge in [0.1, 0.15) is 5.56 Å². The Morgan fingerprint density at radius 1 is 1.29 bits per heavy atom. The number of hydrogen-bond acceptors (Lipinski definition) is 4. The van der Waals surface area contributed by atoms with Crippen LogP contribution in [0, 0.1) is 13.8 Å². The van der Waals surface area contributed by atoms with Crippen LogP contribution in [-0.2, 0) is 20.6 Å². The molecule has 112 valence electrons. The minimum absolute atomic E-state index is 0.0933. The molecule has 2 rings (SSSR count). The monoisotopic (exact) mass is 291 g/mol. The van der Waals surface area contributed by atoms with Crippen LogP contribution in [0.15, 0.2) is 6.20 Å². The normalized spacial score (nSPS) is 10.7. The van der Waals surface area contributed by atoms with E-state index in [9.17, 15) is 9.59 Å². The number of amides is 1. The van der Waals surface area contributed by atoms with E-state index >= 15 is 0 Å². The number of carbonyl (C=O) groups is 2. The second-order valence-corrected chi connectivity index (χ2v) is 4.83. The molecule has 8 heteroatoms. The first-order valence-corrected chi connectivity index (χ1v) is 6.35. The minimum Gasteiger partial charge on any atom is -0.478 e. The quantitative estimate of drug-likeness (QED) is 0.849. The van der Waals surface area contributed by atoms with E-state index in [1.54, 1.807) is 11.7 Å². The summed E-state index contributed by atoms with van der Waals surface area (Å²) in [6.07, 6.45) is 1.30. The van der Waals surface area contributed by atoms with Gasteiger partial charge in [0.15, 0.2) is 5.69 Å². The molecule has 2 N–H and O–H groups in total. The maximum atomic E-state index is 12.1. The van der Waals surface area contributed by atoms with Crippen LogP contribution in [0.3, 0.4) is 0 Å². The van der Waals surface area contributed by atoms with Crippen molar-refractivity contribution in [1.29, 1.82) is 0 Å². The van der Waals surface area contributed by atoms with Gasteiger partial charge in [-0.25, -0.2) is 4.79 Å². The second kappa shape index (κ2) is 5.39. The molecule has 0 saturated heterocycles. The first-order valence-electron chi connectivity index (χ1n) is 6.35. The molecule has 0 spiro atoms. The van der Waals surface area contributed by atoms with Gasteiger partial charge in [0, 0.05) is 38.1 Å². The number of hydrogen-bond donors (Lipinski definition) is 2. The molecule has 0 saturated carbocycles. The van der Waals surface area contributed by atoms with Crippen molar-refractivity contribution >= 4 is 11.9 Å². The fourth-order valence-electron chi connectivity index (χ4n) is 2.14. The summed E-state index contributed by atoms with van der Waals surface area (Å²) in [5, 5.41) is 19.9. The third-order valence-corrected chi connectivity index (χ3v) is 3.36. The van der Waals surface area contributed by atoms with Crippen molar-refractivity contribution in [2.45, 2.75) is 20.4 Å². The number of carboxylic acid groups (broad SMARTS) is 1. The van der Waals surface area contributed by atoms with E-state index in [0.29, 0.717) is 0 Å². The van der Waals surface area contributed by atoms with E-state index in [4.69, 9.17) is 5.11 Å². The molecule has 21 heavy (non-hydrogen) atoms. The highest BCUT2D eigenvalue weighted by Gasteiger charge is 2.21. The van der Waals surface area contributed by atoms with Gasteiger partial charge in [-0.2, -0.15) is 10.2 Å². The van der Waals surface area contributed by atoms with Gasteiger partial charge < -0.3 is 10.4 Å². The molecule has 0 aliphatic heterocycles. The highest BCUT2D eigenvalue weighted by Crippen LogP contribution is 2.12. The Morgan fingerprint density at radius 2 is 1.95 bits per heavy atom. The van der Waals surface area contributed by atoms with Crippen LogP contribution >= 0.6 is 0 Å². The van der Waals surface area contributed by atoms with Crippen LogP contribution in [0.1, 0.15) is 37.8 Å². The van der Waals surface area contributed by atoms with Crippen LogP contribution in [0.5, 0.6) is 0 Å². The van der Waals surface area contributed by atoms with Crippen LogP contribution in [0.4, 0.5) is 0 Å². The Labute approximate surface area is 121 Å². The standard InChI is InChI=1S/C13H17N5O3/c1-7-9(8(2)18(4)15-7)5-14-12(19)11-10(13(20)21)6-17(3)16-11/h6H,5H2,1-4H3,(H,14,19)(H,20,21). The van der Waals surface area contributed by atoms with Gasteiger partial charge in [-0.1, -0.05) is 0 Å². The zero-order chi connectivity index (χ0) is 15.7. The van der Waals surface area contributed by atoms with Crippen molar-refractivity contribution in [3.05, 3.63) is 34.4 Å².